The van der Waals surface area contributed by atoms with Crippen molar-refractivity contribution in [3.8, 4) is 0 Å². The van der Waals surface area contributed by atoms with Crippen LogP contribution in [0.5, 0.6) is 0 Å². The van der Waals surface area contributed by atoms with Crippen LogP contribution in [0.2, 0.25) is 0 Å². The number of imide groups is 1. The lowest BCUT2D eigenvalue weighted by atomic mass is 9.74. The summed E-state index contributed by atoms with van der Waals surface area (Å²) in [5, 5.41) is 0. The predicted molar refractivity (Wildman–Crippen MR) is 94.1 cm³/mol. The minimum Gasteiger partial charge on any atom is -0.330 e. The molecule has 1 saturated heterocycles. The number of carbonyl (C=O) groups is 2. The molecule has 0 aromatic carbocycles. The summed E-state index contributed by atoms with van der Waals surface area (Å²) in [6.07, 6.45) is 11.3. The second-order valence-electron chi connectivity index (χ2n) is 7.44. The number of fused-ring (bicyclic) bond motifs is 1. The molecule has 5 heteroatoms. The lowest BCUT2D eigenvalue weighted by molar-refractivity contribution is -0.140. The Balaban J connectivity index is 1.57. The predicted octanol–water partition coefficient (Wildman–Crippen LogP) is 2.95. The van der Waals surface area contributed by atoms with E-state index in [0.29, 0.717) is 12.5 Å². The van der Waals surface area contributed by atoms with E-state index < -0.39 is 4.75 Å². The zero-order valence-corrected chi connectivity index (χ0v) is 14.9. The number of likely N-dealkylation sites (tertiary alicyclic amines) is 1. The Hall–Kier alpha value is -0.550. The van der Waals surface area contributed by atoms with E-state index in [0.717, 1.165) is 44.4 Å². The Labute approximate surface area is 143 Å². The highest BCUT2D eigenvalue weighted by Gasteiger charge is 2.64. The number of hydrogen-bond donors (Lipinski definition) is 1. The van der Waals surface area contributed by atoms with Crippen LogP contribution in [0.1, 0.15) is 64.2 Å². The number of nitrogens with two attached hydrogens (primary N) is 1. The Morgan fingerprint density at radius 2 is 1.87 bits per heavy atom. The van der Waals surface area contributed by atoms with Gasteiger partial charge in [-0.2, -0.15) is 0 Å². The van der Waals surface area contributed by atoms with Gasteiger partial charge in [-0.25, -0.2) is 0 Å². The Morgan fingerprint density at radius 3 is 2.52 bits per heavy atom. The number of nitrogens with zero attached hydrogens (tertiary/aromatic N) is 1. The summed E-state index contributed by atoms with van der Waals surface area (Å²) < 4.78 is -0.394. The summed E-state index contributed by atoms with van der Waals surface area (Å²) in [5.41, 5.74) is 5.53. The second kappa shape index (κ2) is 7.56. The molecule has 1 heterocycles. The average molecular weight is 339 g/mol. The standard InChI is InChI=1S/C18H30N2O2S/c19-11-5-2-6-12-23-18-10-9-15(18)16(21)20(17(18)22)13-14-7-3-1-4-8-14/h14-15H,1-13,19H2/t15-,18+/m1/s1. The van der Waals surface area contributed by atoms with Crippen molar-refractivity contribution in [3.05, 3.63) is 0 Å². The second-order valence-corrected chi connectivity index (χ2v) is 8.86. The fourth-order valence-electron chi connectivity index (χ4n) is 4.36. The topological polar surface area (TPSA) is 63.4 Å². The number of hydrogen-bond acceptors (Lipinski definition) is 4. The van der Waals surface area contributed by atoms with E-state index in [2.05, 4.69) is 0 Å². The van der Waals surface area contributed by atoms with Gasteiger partial charge in [-0.15, -0.1) is 11.8 Å². The average Bonchev–Trinajstić information content (AvgIpc) is 2.67. The highest BCUT2D eigenvalue weighted by Crippen LogP contribution is 2.55. The van der Waals surface area contributed by atoms with Crippen molar-refractivity contribution in [2.24, 2.45) is 17.6 Å². The van der Waals surface area contributed by atoms with Gasteiger partial charge >= 0.3 is 0 Å². The van der Waals surface area contributed by atoms with Crippen LogP contribution in [-0.4, -0.2) is 40.3 Å². The molecule has 1 aliphatic heterocycles. The molecule has 130 valence electrons. The van der Waals surface area contributed by atoms with E-state index in [4.69, 9.17) is 5.73 Å². The third-order valence-corrected chi connectivity index (χ3v) is 7.58. The maximum Gasteiger partial charge on any atom is 0.246 e. The number of rotatable bonds is 8. The van der Waals surface area contributed by atoms with E-state index >= 15 is 0 Å². The molecular formula is C18H30N2O2S. The quantitative estimate of drug-likeness (QED) is 0.546. The molecule has 0 unspecified atom stereocenters. The van der Waals surface area contributed by atoms with E-state index in [1.807, 2.05) is 0 Å². The zero-order chi connectivity index (χ0) is 16.3. The van der Waals surface area contributed by atoms with Gasteiger partial charge in [-0.05, 0) is 56.7 Å². The van der Waals surface area contributed by atoms with Crippen molar-refractivity contribution in [2.75, 3.05) is 18.8 Å². The third-order valence-electron chi connectivity index (χ3n) is 5.91. The van der Waals surface area contributed by atoms with Crippen LogP contribution in [0.4, 0.5) is 0 Å². The number of thioether (sulfide) groups is 1. The minimum absolute atomic E-state index is 0.0295. The zero-order valence-electron chi connectivity index (χ0n) is 14.1. The van der Waals surface area contributed by atoms with Crippen LogP contribution in [0.25, 0.3) is 0 Å². The van der Waals surface area contributed by atoms with Gasteiger partial charge < -0.3 is 5.73 Å². The van der Waals surface area contributed by atoms with Crippen LogP contribution in [0.3, 0.4) is 0 Å². The molecule has 0 aromatic heterocycles. The number of carbonyl (C=O) groups excluding carboxylic acids is 2. The summed E-state index contributed by atoms with van der Waals surface area (Å²) >= 11 is 1.76. The molecule has 0 bridgehead atoms. The van der Waals surface area contributed by atoms with Crippen LogP contribution >= 0.6 is 11.8 Å². The maximum absolute atomic E-state index is 13.0. The molecule has 0 spiro atoms. The highest BCUT2D eigenvalue weighted by molar-refractivity contribution is 8.01. The molecule has 2 aliphatic carbocycles. The van der Waals surface area contributed by atoms with E-state index in [1.165, 1.54) is 32.1 Å². The summed E-state index contributed by atoms with van der Waals surface area (Å²) in [5.74, 6) is 1.75. The molecule has 3 fully saturated rings. The van der Waals surface area contributed by atoms with Gasteiger partial charge in [-0.3, -0.25) is 14.5 Å². The van der Waals surface area contributed by atoms with Gasteiger partial charge in [0.05, 0.1) is 5.92 Å². The van der Waals surface area contributed by atoms with E-state index in [1.54, 1.807) is 16.7 Å². The molecule has 3 rings (SSSR count). The molecule has 23 heavy (non-hydrogen) atoms. The first-order chi connectivity index (χ1) is 11.2. The number of unbranched alkanes of at least 4 members (excludes halogenated alkanes) is 2. The van der Waals surface area contributed by atoms with E-state index in [-0.39, 0.29) is 17.7 Å². The van der Waals surface area contributed by atoms with Crippen LogP contribution < -0.4 is 5.73 Å². The largest absolute Gasteiger partial charge is 0.330 e. The molecule has 2 saturated carbocycles. The van der Waals surface area contributed by atoms with Crippen LogP contribution in [-0.2, 0) is 9.59 Å². The Kier molecular flexibility index (Phi) is 5.68. The molecule has 0 aromatic rings. The molecule has 2 atom stereocenters. The van der Waals surface area contributed by atoms with Crippen molar-refractivity contribution >= 4 is 23.6 Å². The molecule has 3 aliphatic rings. The SMILES string of the molecule is NCCCCCS[C@@]12CC[C@@H]1C(=O)N(CC1CCCCC1)C2=O. The summed E-state index contributed by atoms with van der Waals surface area (Å²) in [6, 6.07) is 0. The fourth-order valence-corrected chi connectivity index (χ4v) is 5.99. The van der Waals surface area contributed by atoms with Gasteiger partial charge in [0.15, 0.2) is 0 Å². The maximum atomic E-state index is 13.0. The first-order valence-corrected chi connectivity index (χ1v) is 10.4. The molecule has 0 radical (unpaired) electrons. The lowest BCUT2D eigenvalue weighted by Crippen LogP contribution is -2.48. The summed E-state index contributed by atoms with van der Waals surface area (Å²) in [6.45, 7) is 1.43. The Bertz CT molecular complexity index is 450. The van der Waals surface area contributed by atoms with Gasteiger partial charge in [0.1, 0.15) is 4.75 Å². The monoisotopic (exact) mass is 338 g/mol. The summed E-state index contributed by atoms with van der Waals surface area (Å²) in [4.78, 5) is 27.3. The van der Waals surface area contributed by atoms with Gasteiger partial charge in [0, 0.05) is 6.54 Å². The van der Waals surface area contributed by atoms with Gasteiger partial charge in [0.25, 0.3) is 0 Å². The first-order valence-electron chi connectivity index (χ1n) is 9.39. The fraction of sp³-hybridized carbons (Fsp3) is 0.889. The molecule has 4 nitrogen and oxygen atoms in total. The van der Waals surface area contributed by atoms with Crippen molar-refractivity contribution < 1.29 is 9.59 Å². The van der Waals surface area contributed by atoms with Crippen molar-refractivity contribution in [1.82, 2.24) is 4.90 Å². The third kappa shape index (κ3) is 3.32. The normalized spacial score (nSPS) is 31.3. The number of amides is 2. The van der Waals surface area contributed by atoms with Crippen LogP contribution in [0.15, 0.2) is 0 Å². The van der Waals surface area contributed by atoms with Crippen molar-refractivity contribution in [3.63, 3.8) is 0 Å². The molecular weight excluding hydrogens is 308 g/mol. The van der Waals surface area contributed by atoms with Crippen molar-refractivity contribution in [2.45, 2.75) is 69.0 Å². The van der Waals surface area contributed by atoms with Crippen molar-refractivity contribution in [1.29, 1.82) is 0 Å². The lowest BCUT2D eigenvalue weighted by Gasteiger charge is -2.39. The molecule has 2 N–H and O–H groups in total. The first kappa shape index (κ1) is 17.3. The Morgan fingerprint density at radius 1 is 1.09 bits per heavy atom. The van der Waals surface area contributed by atoms with Gasteiger partial charge in [-0.1, -0.05) is 25.7 Å². The molecule has 2 amide bonds. The smallest absolute Gasteiger partial charge is 0.246 e. The van der Waals surface area contributed by atoms with E-state index in [9.17, 15) is 9.59 Å². The minimum atomic E-state index is -0.394. The van der Waals surface area contributed by atoms with Gasteiger partial charge in [0.2, 0.25) is 11.8 Å². The highest BCUT2D eigenvalue weighted by atomic mass is 32.2. The summed E-state index contributed by atoms with van der Waals surface area (Å²) in [7, 11) is 0. The van der Waals surface area contributed by atoms with Crippen LogP contribution in [0, 0.1) is 11.8 Å².